The Morgan fingerprint density at radius 1 is 1.28 bits per heavy atom. The van der Waals surface area contributed by atoms with Crippen molar-refractivity contribution >= 4 is 17.5 Å². The van der Waals surface area contributed by atoms with Crippen LogP contribution in [-0.4, -0.2) is 46.0 Å². The molecule has 0 N–H and O–H groups in total. The lowest BCUT2D eigenvalue weighted by molar-refractivity contribution is 0.0613. The van der Waals surface area contributed by atoms with Gasteiger partial charge in [0.2, 0.25) is 11.6 Å². The molecule has 0 radical (unpaired) electrons. The summed E-state index contributed by atoms with van der Waals surface area (Å²) in [5.41, 5.74) is 1.16. The first-order valence-corrected chi connectivity index (χ1v) is 8.87. The zero-order valence-electron chi connectivity index (χ0n) is 14.8. The average Bonchev–Trinajstić information content (AvgIpc) is 2.98. The maximum absolute atomic E-state index is 12.9. The highest BCUT2D eigenvalue weighted by Crippen LogP contribution is 2.26. The van der Waals surface area contributed by atoms with Crippen LogP contribution in [0.5, 0.6) is 5.88 Å². The molecule has 2 atom stereocenters. The second-order valence-electron chi connectivity index (χ2n) is 6.85. The van der Waals surface area contributed by atoms with Gasteiger partial charge in [-0.3, -0.25) is 4.79 Å². The maximum Gasteiger partial charge on any atom is 0.280 e. The minimum atomic E-state index is -0.124. The van der Waals surface area contributed by atoms with Gasteiger partial charge in [0.05, 0.1) is 13.7 Å². The number of methoxy groups -OCH3 is 1. The number of piperidine rings is 1. The fourth-order valence-electron chi connectivity index (χ4n) is 3.51. The van der Waals surface area contributed by atoms with Crippen molar-refractivity contribution < 1.29 is 9.53 Å². The van der Waals surface area contributed by atoms with Gasteiger partial charge in [-0.15, -0.1) is 5.10 Å². The summed E-state index contributed by atoms with van der Waals surface area (Å²) >= 11 is 6.22. The Hall–Kier alpha value is -2.08. The molecule has 6 nitrogen and oxygen atoms in total. The van der Waals surface area contributed by atoms with Crippen LogP contribution in [0.3, 0.4) is 0 Å². The van der Waals surface area contributed by atoms with Crippen molar-refractivity contribution in [2.45, 2.75) is 26.8 Å². The van der Waals surface area contributed by atoms with Gasteiger partial charge in [0, 0.05) is 18.1 Å². The van der Waals surface area contributed by atoms with Crippen molar-refractivity contribution in [3.63, 3.8) is 0 Å². The number of rotatable bonds is 4. The second kappa shape index (κ2) is 7.44. The number of carbonyl (C=O) groups excluding carboxylic acids is 1. The molecule has 3 rings (SSSR count). The predicted molar refractivity (Wildman–Crippen MR) is 96.0 cm³/mol. The van der Waals surface area contributed by atoms with E-state index in [0.29, 0.717) is 29.3 Å². The zero-order valence-corrected chi connectivity index (χ0v) is 15.5. The first-order chi connectivity index (χ1) is 12.0. The van der Waals surface area contributed by atoms with E-state index in [1.54, 1.807) is 4.68 Å². The number of amides is 1. The molecule has 134 valence electrons. The highest BCUT2D eigenvalue weighted by Gasteiger charge is 2.30. The normalized spacial score (nSPS) is 20.6. The van der Waals surface area contributed by atoms with Gasteiger partial charge in [-0.1, -0.05) is 48.9 Å². The Morgan fingerprint density at radius 3 is 2.60 bits per heavy atom. The van der Waals surface area contributed by atoms with Crippen LogP contribution in [0.4, 0.5) is 0 Å². The smallest absolute Gasteiger partial charge is 0.280 e. The van der Waals surface area contributed by atoms with Gasteiger partial charge < -0.3 is 9.64 Å². The third-order valence-corrected chi connectivity index (χ3v) is 4.89. The SMILES string of the molecule is COc1c(C(=O)N2C[C@H](C)C[C@@H](C)C2)nnn1Cc1ccccc1Cl. The minimum absolute atomic E-state index is 0.124. The molecule has 1 aliphatic rings. The lowest BCUT2D eigenvalue weighted by atomic mass is 9.92. The summed E-state index contributed by atoms with van der Waals surface area (Å²) in [4.78, 5) is 14.8. The number of hydrogen-bond acceptors (Lipinski definition) is 4. The van der Waals surface area contributed by atoms with E-state index in [1.807, 2.05) is 29.2 Å². The van der Waals surface area contributed by atoms with Crippen molar-refractivity contribution in [1.82, 2.24) is 19.9 Å². The summed E-state index contributed by atoms with van der Waals surface area (Å²) in [6, 6.07) is 7.52. The molecule has 0 unspecified atom stereocenters. The summed E-state index contributed by atoms with van der Waals surface area (Å²) in [5, 5.41) is 8.85. The molecule has 1 fully saturated rings. The molecule has 1 aromatic carbocycles. The number of aromatic nitrogens is 3. The average molecular weight is 363 g/mol. The highest BCUT2D eigenvalue weighted by molar-refractivity contribution is 6.31. The second-order valence-corrected chi connectivity index (χ2v) is 7.26. The van der Waals surface area contributed by atoms with Crippen LogP contribution in [0, 0.1) is 11.8 Å². The van der Waals surface area contributed by atoms with Crippen LogP contribution in [0.1, 0.15) is 36.3 Å². The van der Waals surface area contributed by atoms with E-state index in [4.69, 9.17) is 16.3 Å². The first kappa shape index (κ1) is 17.7. The van der Waals surface area contributed by atoms with E-state index in [1.165, 1.54) is 7.11 Å². The topological polar surface area (TPSA) is 60.2 Å². The number of nitrogens with zero attached hydrogens (tertiary/aromatic N) is 4. The first-order valence-electron chi connectivity index (χ1n) is 8.49. The van der Waals surface area contributed by atoms with Gasteiger partial charge in [0.25, 0.3) is 5.91 Å². The molecule has 2 aromatic rings. The van der Waals surface area contributed by atoms with Gasteiger partial charge in [0.1, 0.15) is 0 Å². The molecule has 2 heterocycles. The van der Waals surface area contributed by atoms with Crippen molar-refractivity contribution in [2.75, 3.05) is 20.2 Å². The van der Waals surface area contributed by atoms with Crippen LogP contribution in [0.15, 0.2) is 24.3 Å². The number of carbonyl (C=O) groups is 1. The van der Waals surface area contributed by atoms with Gasteiger partial charge >= 0.3 is 0 Å². The maximum atomic E-state index is 12.9. The third-order valence-electron chi connectivity index (χ3n) is 4.52. The number of ether oxygens (including phenoxy) is 1. The zero-order chi connectivity index (χ0) is 18.0. The molecule has 1 amide bonds. The number of hydrogen-bond donors (Lipinski definition) is 0. The van der Waals surface area contributed by atoms with Gasteiger partial charge in [-0.05, 0) is 29.9 Å². The molecule has 1 saturated heterocycles. The van der Waals surface area contributed by atoms with E-state index in [-0.39, 0.29) is 11.6 Å². The fourth-order valence-corrected chi connectivity index (χ4v) is 3.71. The fraction of sp³-hybridized carbons (Fsp3) is 0.500. The van der Waals surface area contributed by atoms with Crippen molar-refractivity contribution in [1.29, 1.82) is 0 Å². The Morgan fingerprint density at radius 2 is 1.96 bits per heavy atom. The van der Waals surface area contributed by atoms with Crippen molar-refractivity contribution in [3.8, 4) is 5.88 Å². The van der Waals surface area contributed by atoms with E-state index in [2.05, 4.69) is 24.2 Å². The number of benzene rings is 1. The molecule has 1 aromatic heterocycles. The van der Waals surface area contributed by atoms with E-state index < -0.39 is 0 Å². The molecule has 25 heavy (non-hydrogen) atoms. The molecule has 1 aliphatic heterocycles. The molecular weight excluding hydrogens is 340 g/mol. The molecule has 0 bridgehead atoms. The van der Waals surface area contributed by atoms with Gasteiger partial charge in [-0.2, -0.15) is 0 Å². The lowest BCUT2D eigenvalue weighted by Gasteiger charge is -2.34. The Labute approximate surface area is 152 Å². The highest BCUT2D eigenvalue weighted by atomic mass is 35.5. The summed E-state index contributed by atoms with van der Waals surface area (Å²) in [7, 11) is 1.53. The Kier molecular flexibility index (Phi) is 5.27. The van der Waals surface area contributed by atoms with Crippen LogP contribution in [-0.2, 0) is 6.54 Å². The third kappa shape index (κ3) is 3.79. The Balaban J connectivity index is 1.84. The molecule has 7 heteroatoms. The number of likely N-dealkylation sites (tertiary alicyclic amines) is 1. The summed E-state index contributed by atoms with van der Waals surface area (Å²) in [6.07, 6.45) is 1.14. The predicted octanol–water partition coefficient (Wildman–Crippen LogP) is 3.11. The standard InChI is InChI=1S/C18H23ClN4O2/c1-12-8-13(2)10-22(9-12)17(24)16-18(25-3)23(21-20-16)11-14-6-4-5-7-15(14)19/h4-7,12-13H,8-11H2,1-3H3/t12-,13-/m1/s1. The van der Waals surface area contributed by atoms with E-state index >= 15 is 0 Å². The minimum Gasteiger partial charge on any atom is -0.479 e. The molecule has 0 aliphatic carbocycles. The number of halogens is 1. The Bertz CT molecular complexity index is 751. The van der Waals surface area contributed by atoms with Gasteiger partial charge in [-0.25, -0.2) is 4.68 Å². The van der Waals surface area contributed by atoms with Crippen LogP contribution in [0.2, 0.25) is 5.02 Å². The summed E-state index contributed by atoms with van der Waals surface area (Å²) in [6.45, 7) is 6.21. The van der Waals surface area contributed by atoms with Gasteiger partial charge in [0.15, 0.2) is 0 Å². The summed E-state index contributed by atoms with van der Waals surface area (Å²) in [5.74, 6) is 1.21. The van der Waals surface area contributed by atoms with Crippen LogP contribution < -0.4 is 4.74 Å². The quantitative estimate of drug-likeness (QED) is 0.838. The van der Waals surface area contributed by atoms with Crippen LogP contribution >= 0.6 is 11.6 Å². The van der Waals surface area contributed by atoms with E-state index in [9.17, 15) is 4.79 Å². The molecular formula is C18H23ClN4O2. The largest absolute Gasteiger partial charge is 0.479 e. The van der Waals surface area contributed by atoms with Crippen molar-refractivity contribution in [2.24, 2.45) is 11.8 Å². The molecule has 0 spiro atoms. The molecule has 0 saturated carbocycles. The summed E-state index contributed by atoms with van der Waals surface area (Å²) < 4.78 is 7.02. The van der Waals surface area contributed by atoms with E-state index in [0.717, 1.165) is 25.1 Å². The van der Waals surface area contributed by atoms with Crippen molar-refractivity contribution in [3.05, 3.63) is 40.5 Å². The monoisotopic (exact) mass is 362 g/mol. The lowest BCUT2D eigenvalue weighted by Crippen LogP contribution is -2.42. The van der Waals surface area contributed by atoms with Crippen LogP contribution in [0.25, 0.3) is 0 Å².